The lowest BCUT2D eigenvalue weighted by molar-refractivity contribution is -0.141. The molecular weight excluding hydrogens is 287 g/mol. The molecule has 1 aromatic carbocycles. The highest BCUT2D eigenvalue weighted by Crippen LogP contribution is 2.34. The van der Waals surface area contributed by atoms with Crippen molar-refractivity contribution in [3.63, 3.8) is 0 Å². The number of sulfonamides is 1. The molecule has 1 atom stereocenters. The standard InChI is InChI=1S/C10H10F3NO4S/c1-19(17,18)14-8(9(15)16)6-4-2-3-5-7(6)10(11,12)13/h2-5,8,14H,1H3,(H,15,16). The van der Waals surface area contributed by atoms with Crippen LogP contribution in [0.3, 0.4) is 0 Å². The summed E-state index contributed by atoms with van der Waals surface area (Å²) in [6, 6.07) is 1.90. The molecule has 0 saturated carbocycles. The fourth-order valence-electron chi connectivity index (χ4n) is 1.47. The van der Waals surface area contributed by atoms with Crippen molar-refractivity contribution in [2.45, 2.75) is 12.2 Å². The molecule has 106 valence electrons. The maximum atomic E-state index is 12.7. The molecule has 0 aromatic heterocycles. The molecule has 0 fully saturated rings. The fourth-order valence-corrected chi connectivity index (χ4v) is 2.12. The van der Waals surface area contributed by atoms with E-state index in [0.717, 1.165) is 12.1 Å². The first kappa shape index (κ1) is 15.4. The third-order valence-electron chi connectivity index (χ3n) is 2.16. The summed E-state index contributed by atoms with van der Waals surface area (Å²) in [5.74, 6) is -1.72. The summed E-state index contributed by atoms with van der Waals surface area (Å²) < 4.78 is 61.9. The van der Waals surface area contributed by atoms with Crippen molar-refractivity contribution < 1.29 is 31.5 Å². The van der Waals surface area contributed by atoms with Gasteiger partial charge in [-0.1, -0.05) is 18.2 Å². The molecule has 0 amide bonds. The third kappa shape index (κ3) is 4.21. The lowest BCUT2D eigenvalue weighted by atomic mass is 10.0. The van der Waals surface area contributed by atoms with E-state index < -0.39 is 39.3 Å². The number of carboxylic acids is 1. The molecule has 2 N–H and O–H groups in total. The summed E-state index contributed by atoms with van der Waals surface area (Å²) in [4.78, 5) is 11.0. The summed E-state index contributed by atoms with van der Waals surface area (Å²) in [6.07, 6.45) is -4.11. The lowest BCUT2D eigenvalue weighted by Gasteiger charge is -2.18. The third-order valence-corrected chi connectivity index (χ3v) is 2.82. The van der Waals surface area contributed by atoms with Crippen LogP contribution in [-0.4, -0.2) is 25.7 Å². The SMILES string of the molecule is CS(=O)(=O)NC(C(=O)O)c1ccccc1C(F)(F)F. The average Bonchev–Trinajstić information content (AvgIpc) is 2.23. The van der Waals surface area contributed by atoms with Gasteiger partial charge in [-0.2, -0.15) is 17.9 Å². The number of nitrogens with one attached hydrogen (secondary N) is 1. The van der Waals surface area contributed by atoms with Crippen LogP contribution in [0.2, 0.25) is 0 Å². The number of alkyl halides is 3. The smallest absolute Gasteiger partial charge is 0.416 e. The van der Waals surface area contributed by atoms with Gasteiger partial charge >= 0.3 is 12.1 Å². The van der Waals surface area contributed by atoms with Crippen LogP contribution in [0.15, 0.2) is 24.3 Å². The number of hydrogen-bond donors (Lipinski definition) is 2. The quantitative estimate of drug-likeness (QED) is 0.879. The predicted molar refractivity (Wildman–Crippen MR) is 59.8 cm³/mol. The van der Waals surface area contributed by atoms with E-state index in [1.54, 1.807) is 4.72 Å². The molecule has 0 spiro atoms. The van der Waals surface area contributed by atoms with Gasteiger partial charge in [-0.05, 0) is 11.6 Å². The van der Waals surface area contributed by atoms with Crippen LogP contribution < -0.4 is 4.72 Å². The van der Waals surface area contributed by atoms with Crippen molar-refractivity contribution in [2.24, 2.45) is 0 Å². The van der Waals surface area contributed by atoms with Gasteiger partial charge in [0, 0.05) is 0 Å². The van der Waals surface area contributed by atoms with Crippen molar-refractivity contribution in [1.29, 1.82) is 0 Å². The molecule has 0 radical (unpaired) electrons. The molecule has 9 heteroatoms. The Bertz CT molecular complexity index is 583. The second kappa shape index (κ2) is 5.17. The molecule has 0 aliphatic carbocycles. The normalized spacial score (nSPS) is 14.1. The Morgan fingerprint density at radius 1 is 1.32 bits per heavy atom. The Kier molecular flexibility index (Phi) is 4.21. The molecular formula is C10H10F3NO4S. The maximum Gasteiger partial charge on any atom is 0.416 e. The number of hydrogen-bond acceptors (Lipinski definition) is 3. The van der Waals surface area contributed by atoms with Gasteiger partial charge in [0.25, 0.3) is 0 Å². The fraction of sp³-hybridized carbons (Fsp3) is 0.300. The summed E-state index contributed by atoms with van der Waals surface area (Å²) in [5.41, 5.74) is -1.86. The molecule has 1 aromatic rings. The van der Waals surface area contributed by atoms with E-state index in [-0.39, 0.29) is 0 Å². The lowest BCUT2D eigenvalue weighted by Crippen LogP contribution is -2.34. The number of aliphatic carboxylic acids is 1. The molecule has 0 aliphatic rings. The first-order chi connectivity index (χ1) is 8.52. The Morgan fingerprint density at radius 3 is 2.26 bits per heavy atom. The zero-order valence-electron chi connectivity index (χ0n) is 9.60. The number of rotatable bonds is 4. The summed E-state index contributed by atoms with van der Waals surface area (Å²) >= 11 is 0. The Hall–Kier alpha value is -1.61. The highest BCUT2D eigenvalue weighted by Gasteiger charge is 2.37. The highest BCUT2D eigenvalue weighted by atomic mass is 32.2. The van der Waals surface area contributed by atoms with E-state index in [0.29, 0.717) is 12.3 Å². The minimum Gasteiger partial charge on any atom is -0.480 e. The van der Waals surface area contributed by atoms with Crippen molar-refractivity contribution in [3.05, 3.63) is 35.4 Å². The van der Waals surface area contributed by atoms with E-state index >= 15 is 0 Å². The largest absolute Gasteiger partial charge is 0.480 e. The highest BCUT2D eigenvalue weighted by molar-refractivity contribution is 7.88. The van der Waals surface area contributed by atoms with Gasteiger partial charge in [0.1, 0.15) is 6.04 Å². The predicted octanol–water partition coefficient (Wildman–Crippen LogP) is 1.38. The number of carboxylic acid groups (broad SMARTS) is 1. The number of benzene rings is 1. The second-order valence-corrected chi connectivity index (χ2v) is 5.53. The Morgan fingerprint density at radius 2 is 1.84 bits per heavy atom. The van der Waals surface area contributed by atoms with Crippen LogP contribution in [-0.2, 0) is 21.0 Å². The molecule has 5 nitrogen and oxygen atoms in total. The van der Waals surface area contributed by atoms with Crippen LogP contribution >= 0.6 is 0 Å². The van der Waals surface area contributed by atoms with E-state index in [1.807, 2.05) is 0 Å². The van der Waals surface area contributed by atoms with Gasteiger partial charge in [-0.3, -0.25) is 4.79 Å². The molecule has 1 rings (SSSR count). The number of halogens is 3. The van der Waals surface area contributed by atoms with Gasteiger partial charge in [-0.15, -0.1) is 0 Å². The monoisotopic (exact) mass is 297 g/mol. The van der Waals surface area contributed by atoms with Crippen LogP contribution in [0, 0.1) is 0 Å². The topological polar surface area (TPSA) is 83.5 Å². The molecule has 0 heterocycles. The zero-order valence-corrected chi connectivity index (χ0v) is 10.4. The van der Waals surface area contributed by atoms with Gasteiger partial charge in [0.05, 0.1) is 11.8 Å². The molecule has 0 aliphatic heterocycles. The molecule has 19 heavy (non-hydrogen) atoms. The van der Waals surface area contributed by atoms with Crippen LogP contribution in [0.4, 0.5) is 13.2 Å². The van der Waals surface area contributed by atoms with E-state index in [9.17, 15) is 26.4 Å². The second-order valence-electron chi connectivity index (χ2n) is 3.75. The van der Waals surface area contributed by atoms with Crippen LogP contribution in [0.25, 0.3) is 0 Å². The first-order valence-corrected chi connectivity index (χ1v) is 6.78. The van der Waals surface area contributed by atoms with Gasteiger partial charge in [0.2, 0.25) is 10.0 Å². The van der Waals surface area contributed by atoms with E-state index in [2.05, 4.69) is 0 Å². The molecule has 0 bridgehead atoms. The van der Waals surface area contributed by atoms with Crippen molar-refractivity contribution in [2.75, 3.05) is 6.26 Å². The van der Waals surface area contributed by atoms with Crippen molar-refractivity contribution >= 4 is 16.0 Å². The molecule has 1 unspecified atom stereocenters. The summed E-state index contributed by atoms with van der Waals surface area (Å²) in [7, 11) is -3.98. The van der Waals surface area contributed by atoms with E-state index in [4.69, 9.17) is 5.11 Å². The van der Waals surface area contributed by atoms with Crippen LogP contribution in [0.1, 0.15) is 17.2 Å². The average molecular weight is 297 g/mol. The summed E-state index contributed by atoms with van der Waals surface area (Å²) in [6.45, 7) is 0. The zero-order chi connectivity index (χ0) is 14.8. The minimum absolute atomic E-state index is 0.659. The summed E-state index contributed by atoms with van der Waals surface area (Å²) in [5, 5.41) is 8.89. The number of carbonyl (C=O) groups is 1. The van der Waals surface area contributed by atoms with Crippen molar-refractivity contribution in [3.8, 4) is 0 Å². The van der Waals surface area contributed by atoms with Gasteiger partial charge < -0.3 is 5.11 Å². The Labute approximate surface area is 107 Å². The Balaban J connectivity index is 3.36. The molecule has 0 saturated heterocycles. The maximum absolute atomic E-state index is 12.7. The van der Waals surface area contributed by atoms with Gasteiger partial charge in [-0.25, -0.2) is 8.42 Å². The van der Waals surface area contributed by atoms with Gasteiger partial charge in [0.15, 0.2) is 0 Å². The van der Waals surface area contributed by atoms with Crippen LogP contribution in [0.5, 0.6) is 0 Å². The minimum atomic E-state index is -4.77. The van der Waals surface area contributed by atoms with E-state index in [1.165, 1.54) is 6.07 Å². The first-order valence-electron chi connectivity index (χ1n) is 4.88. The van der Waals surface area contributed by atoms with Crippen molar-refractivity contribution in [1.82, 2.24) is 4.72 Å².